The van der Waals surface area contributed by atoms with E-state index in [9.17, 15) is 5.11 Å². The van der Waals surface area contributed by atoms with E-state index in [2.05, 4.69) is 15.1 Å². The van der Waals surface area contributed by atoms with Gasteiger partial charge < -0.3 is 5.11 Å². The number of phenols is 1. The van der Waals surface area contributed by atoms with Gasteiger partial charge in [-0.3, -0.25) is 0 Å². The molecule has 0 amide bonds. The van der Waals surface area contributed by atoms with Crippen LogP contribution in [0, 0.1) is 20.8 Å². The lowest BCUT2D eigenvalue weighted by Crippen LogP contribution is -2.04. The first kappa shape index (κ1) is 13.3. The van der Waals surface area contributed by atoms with Crippen LogP contribution in [0.4, 0.5) is 0 Å². The van der Waals surface area contributed by atoms with Crippen molar-refractivity contribution < 1.29 is 5.11 Å². The average Bonchev–Trinajstić information content (AvgIpc) is 2.84. The predicted molar refractivity (Wildman–Crippen MR) is 80.5 cm³/mol. The van der Waals surface area contributed by atoms with Gasteiger partial charge in [-0.1, -0.05) is 18.2 Å². The maximum absolute atomic E-state index is 9.91. The summed E-state index contributed by atoms with van der Waals surface area (Å²) in [4.78, 5) is 8.86. The fourth-order valence-corrected chi connectivity index (χ4v) is 2.20. The van der Waals surface area contributed by atoms with Crippen LogP contribution in [0.2, 0.25) is 0 Å². The number of aromatic nitrogens is 4. The summed E-state index contributed by atoms with van der Waals surface area (Å²) >= 11 is 0. The summed E-state index contributed by atoms with van der Waals surface area (Å²) in [6.07, 6.45) is 1.73. The second-order valence-corrected chi connectivity index (χ2v) is 5.04. The maximum atomic E-state index is 9.91. The van der Waals surface area contributed by atoms with Crippen LogP contribution in [-0.4, -0.2) is 24.9 Å². The summed E-state index contributed by atoms with van der Waals surface area (Å²) < 4.78 is 1.72. The normalized spacial score (nSPS) is 10.8. The second-order valence-electron chi connectivity index (χ2n) is 5.04. The maximum Gasteiger partial charge on any atom is 0.165 e. The van der Waals surface area contributed by atoms with Crippen molar-refractivity contribution in [3.63, 3.8) is 0 Å². The van der Waals surface area contributed by atoms with Gasteiger partial charge in [0.25, 0.3) is 0 Å². The molecule has 3 rings (SSSR count). The highest BCUT2D eigenvalue weighted by molar-refractivity contribution is 5.61. The molecule has 0 spiro atoms. The lowest BCUT2D eigenvalue weighted by atomic mass is 10.1. The minimum atomic E-state index is 0.248. The van der Waals surface area contributed by atoms with Gasteiger partial charge in [-0.25, -0.2) is 9.97 Å². The van der Waals surface area contributed by atoms with Crippen LogP contribution in [0.3, 0.4) is 0 Å². The molecule has 0 aliphatic carbocycles. The summed E-state index contributed by atoms with van der Waals surface area (Å²) in [5.74, 6) is 2.32. The number of phenolic OH excluding ortho intramolecular Hbond substituents is 1. The SMILES string of the molecule is Cc1nc(-c2ccc(C)c(O)c2)n(-c2ncccc2C)n1. The Morgan fingerprint density at radius 3 is 2.57 bits per heavy atom. The van der Waals surface area contributed by atoms with Gasteiger partial charge in [-0.2, -0.15) is 4.68 Å². The summed E-state index contributed by atoms with van der Waals surface area (Å²) in [6, 6.07) is 9.36. The molecule has 0 saturated heterocycles. The summed E-state index contributed by atoms with van der Waals surface area (Å²) in [5.41, 5.74) is 2.65. The predicted octanol–water partition coefficient (Wildman–Crippen LogP) is 2.96. The zero-order chi connectivity index (χ0) is 15.0. The molecular weight excluding hydrogens is 264 g/mol. The summed E-state index contributed by atoms with van der Waals surface area (Å²) in [6.45, 7) is 5.68. The van der Waals surface area contributed by atoms with E-state index in [0.717, 1.165) is 22.5 Å². The Morgan fingerprint density at radius 1 is 1.05 bits per heavy atom. The zero-order valence-corrected chi connectivity index (χ0v) is 12.2. The molecule has 0 atom stereocenters. The number of aryl methyl sites for hydroxylation is 3. The van der Waals surface area contributed by atoms with Crippen molar-refractivity contribution in [1.29, 1.82) is 0 Å². The molecule has 0 unspecified atom stereocenters. The average molecular weight is 280 g/mol. The molecule has 5 heteroatoms. The van der Waals surface area contributed by atoms with Crippen LogP contribution in [0.25, 0.3) is 17.2 Å². The van der Waals surface area contributed by atoms with Crippen LogP contribution in [0.15, 0.2) is 36.5 Å². The smallest absolute Gasteiger partial charge is 0.165 e. The van der Waals surface area contributed by atoms with Gasteiger partial charge in [-0.15, -0.1) is 5.10 Å². The Bertz CT molecular complexity index is 808. The number of benzene rings is 1. The van der Waals surface area contributed by atoms with Gasteiger partial charge >= 0.3 is 0 Å². The molecule has 1 aromatic carbocycles. The van der Waals surface area contributed by atoms with E-state index in [1.165, 1.54) is 0 Å². The fourth-order valence-electron chi connectivity index (χ4n) is 2.20. The third kappa shape index (κ3) is 2.38. The Labute approximate surface area is 122 Å². The molecule has 0 radical (unpaired) electrons. The van der Waals surface area contributed by atoms with E-state index in [-0.39, 0.29) is 5.75 Å². The van der Waals surface area contributed by atoms with Crippen molar-refractivity contribution in [2.24, 2.45) is 0 Å². The molecule has 0 bridgehead atoms. The number of hydrogen-bond donors (Lipinski definition) is 1. The van der Waals surface area contributed by atoms with E-state index in [1.807, 2.05) is 45.0 Å². The van der Waals surface area contributed by atoms with Crippen LogP contribution in [0.5, 0.6) is 5.75 Å². The van der Waals surface area contributed by atoms with E-state index >= 15 is 0 Å². The van der Waals surface area contributed by atoms with Crippen molar-refractivity contribution >= 4 is 0 Å². The summed E-state index contributed by atoms with van der Waals surface area (Å²) in [7, 11) is 0. The number of pyridine rings is 1. The second kappa shape index (κ2) is 5.01. The molecule has 0 aliphatic rings. The Morgan fingerprint density at radius 2 is 1.86 bits per heavy atom. The topological polar surface area (TPSA) is 63.8 Å². The standard InChI is InChI=1S/C16H16N4O/c1-10-6-7-13(9-14(10)21)16-18-12(3)19-20(16)15-11(2)5-4-8-17-15/h4-9,21H,1-3H3. The molecule has 5 nitrogen and oxygen atoms in total. The van der Waals surface area contributed by atoms with Gasteiger partial charge in [0.05, 0.1) is 0 Å². The van der Waals surface area contributed by atoms with E-state index < -0.39 is 0 Å². The molecule has 2 heterocycles. The fraction of sp³-hybridized carbons (Fsp3) is 0.188. The quantitative estimate of drug-likeness (QED) is 0.784. The Balaban J connectivity index is 2.20. The largest absolute Gasteiger partial charge is 0.508 e. The summed E-state index contributed by atoms with van der Waals surface area (Å²) in [5, 5.41) is 14.3. The molecule has 2 aromatic heterocycles. The van der Waals surface area contributed by atoms with Crippen molar-refractivity contribution in [3.8, 4) is 23.0 Å². The number of hydrogen-bond acceptors (Lipinski definition) is 4. The van der Waals surface area contributed by atoms with E-state index in [0.29, 0.717) is 11.6 Å². The molecule has 0 aliphatic heterocycles. The molecule has 1 N–H and O–H groups in total. The number of rotatable bonds is 2. The van der Waals surface area contributed by atoms with Gasteiger partial charge in [0.2, 0.25) is 0 Å². The van der Waals surface area contributed by atoms with Gasteiger partial charge in [0.1, 0.15) is 11.6 Å². The highest BCUT2D eigenvalue weighted by Gasteiger charge is 2.15. The zero-order valence-electron chi connectivity index (χ0n) is 12.2. The van der Waals surface area contributed by atoms with E-state index in [1.54, 1.807) is 16.9 Å². The van der Waals surface area contributed by atoms with Crippen LogP contribution >= 0.6 is 0 Å². The van der Waals surface area contributed by atoms with Gasteiger partial charge in [-0.05, 0) is 44.0 Å². The van der Waals surface area contributed by atoms with Crippen molar-refractivity contribution in [1.82, 2.24) is 19.7 Å². The third-order valence-corrected chi connectivity index (χ3v) is 3.36. The lowest BCUT2D eigenvalue weighted by Gasteiger charge is -2.08. The molecule has 0 fully saturated rings. The minimum absolute atomic E-state index is 0.248. The first-order valence-corrected chi connectivity index (χ1v) is 6.72. The van der Waals surface area contributed by atoms with E-state index in [4.69, 9.17) is 0 Å². The highest BCUT2D eigenvalue weighted by Crippen LogP contribution is 2.26. The lowest BCUT2D eigenvalue weighted by molar-refractivity contribution is 0.471. The first-order valence-electron chi connectivity index (χ1n) is 6.72. The number of aromatic hydroxyl groups is 1. The van der Waals surface area contributed by atoms with Crippen molar-refractivity contribution in [3.05, 3.63) is 53.5 Å². The molecule has 0 saturated carbocycles. The third-order valence-electron chi connectivity index (χ3n) is 3.36. The molecule has 106 valence electrons. The van der Waals surface area contributed by atoms with Gasteiger partial charge in [0.15, 0.2) is 11.6 Å². The Kier molecular flexibility index (Phi) is 3.17. The van der Waals surface area contributed by atoms with Crippen molar-refractivity contribution in [2.45, 2.75) is 20.8 Å². The van der Waals surface area contributed by atoms with Gasteiger partial charge in [0, 0.05) is 11.8 Å². The highest BCUT2D eigenvalue weighted by atomic mass is 16.3. The number of nitrogens with zero attached hydrogens (tertiary/aromatic N) is 4. The monoisotopic (exact) mass is 280 g/mol. The Hall–Kier alpha value is -2.69. The molecule has 21 heavy (non-hydrogen) atoms. The van der Waals surface area contributed by atoms with Crippen molar-refractivity contribution in [2.75, 3.05) is 0 Å². The molecular formula is C16H16N4O. The van der Waals surface area contributed by atoms with Crippen LogP contribution in [0.1, 0.15) is 17.0 Å². The van der Waals surface area contributed by atoms with Crippen LogP contribution < -0.4 is 0 Å². The molecule has 3 aromatic rings. The first-order chi connectivity index (χ1) is 10.1. The minimum Gasteiger partial charge on any atom is -0.508 e. The van der Waals surface area contributed by atoms with Crippen LogP contribution in [-0.2, 0) is 0 Å².